The van der Waals surface area contributed by atoms with Gasteiger partial charge in [0.25, 0.3) is 0 Å². The third-order valence-corrected chi connectivity index (χ3v) is 5.13. The normalized spacial score (nSPS) is 17.7. The first-order valence-electron chi connectivity index (χ1n) is 9.57. The van der Waals surface area contributed by atoms with Crippen LogP contribution in [0.25, 0.3) is 0 Å². The minimum absolute atomic E-state index is 0.0447. The average molecular weight is 380 g/mol. The maximum absolute atomic E-state index is 12.1. The maximum atomic E-state index is 12.1. The highest BCUT2D eigenvalue weighted by Crippen LogP contribution is 2.16. The molecular weight excluding hydrogens is 350 g/mol. The molecule has 1 heterocycles. The van der Waals surface area contributed by atoms with Gasteiger partial charge in [-0.05, 0) is 43.4 Å². The van der Waals surface area contributed by atoms with Gasteiger partial charge < -0.3 is 15.5 Å². The molecule has 144 valence electrons. The van der Waals surface area contributed by atoms with Gasteiger partial charge in [-0.15, -0.1) is 0 Å². The van der Waals surface area contributed by atoms with Crippen LogP contribution in [0.5, 0.6) is 0 Å². The van der Waals surface area contributed by atoms with Crippen LogP contribution in [0.1, 0.15) is 44.6 Å². The highest BCUT2D eigenvalue weighted by molar-refractivity contribution is 6.31. The molecule has 1 unspecified atom stereocenters. The van der Waals surface area contributed by atoms with Crippen molar-refractivity contribution in [1.29, 1.82) is 0 Å². The van der Waals surface area contributed by atoms with E-state index in [-0.39, 0.29) is 11.8 Å². The van der Waals surface area contributed by atoms with Crippen molar-refractivity contribution in [3.8, 4) is 0 Å². The van der Waals surface area contributed by atoms with Crippen molar-refractivity contribution in [3.05, 3.63) is 34.9 Å². The topological polar surface area (TPSA) is 61.4 Å². The summed E-state index contributed by atoms with van der Waals surface area (Å²) in [4.78, 5) is 26.0. The van der Waals surface area contributed by atoms with Gasteiger partial charge in [-0.25, -0.2) is 0 Å². The predicted octanol–water partition coefficient (Wildman–Crippen LogP) is 2.97. The molecular formula is C20H30ClN3O2. The fourth-order valence-electron chi connectivity index (χ4n) is 3.28. The summed E-state index contributed by atoms with van der Waals surface area (Å²) < 4.78 is 0. The van der Waals surface area contributed by atoms with E-state index in [0.29, 0.717) is 30.3 Å². The van der Waals surface area contributed by atoms with Crippen LogP contribution >= 0.6 is 11.6 Å². The van der Waals surface area contributed by atoms with Gasteiger partial charge in [-0.2, -0.15) is 0 Å². The zero-order chi connectivity index (χ0) is 18.8. The number of nitrogens with zero attached hydrogens (tertiary/aromatic N) is 1. The monoisotopic (exact) mass is 379 g/mol. The van der Waals surface area contributed by atoms with Gasteiger partial charge in [0.2, 0.25) is 11.8 Å². The Morgan fingerprint density at radius 3 is 2.73 bits per heavy atom. The smallest absolute Gasteiger partial charge is 0.221 e. The van der Waals surface area contributed by atoms with Crippen LogP contribution in [0.15, 0.2) is 24.3 Å². The highest BCUT2D eigenvalue weighted by Gasteiger charge is 2.20. The van der Waals surface area contributed by atoms with Crippen LogP contribution in [0.4, 0.5) is 0 Å². The zero-order valence-electron chi connectivity index (χ0n) is 15.6. The fraction of sp³-hybridized carbons (Fsp3) is 0.600. The van der Waals surface area contributed by atoms with Crippen LogP contribution in [0.3, 0.4) is 0 Å². The molecule has 1 atom stereocenters. The Hall–Kier alpha value is -1.59. The number of hydrogen-bond acceptors (Lipinski definition) is 3. The number of nitrogens with one attached hydrogen (secondary N) is 2. The highest BCUT2D eigenvalue weighted by atomic mass is 35.5. The lowest BCUT2D eigenvalue weighted by Crippen LogP contribution is -2.42. The molecule has 2 amide bonds. The van der Waals surface area contributed by atoms with Crippen molar-refractivity contribution in [2.24, 2.45) is 5.92 Å². The molecule has 0 bridgehead atoms. The molecule has 0 aliphatic carbocycles. The van der Waals surface area contributed by atoms with Crippen molar-refractivity contribution < 1.29 is 9.59 Å². The number of halogens is 1. The van der Waals surface area contributed by atoms with Gasteiger partial charge in [0.15, 0.2) is 0 Å². The van der Waals surface area contributed by atoms with Gasteiger partial charge >= 0.3 is 0 Å². The Kier molecular flexibility index (Phi) is 8.92. The maximum Gasteiger partial charge on any atom is 0.221 e. The van der Waals surface area contributed by atoms with Crippen molar-refractivity contribution in [2.75, 3.05) is 26.2 Å². The molecule has 5 nitrogen and oxygen atoms in total. The van der Waals surface area contributed by atoms with E-state index in [1.165, 1.54) is 0 Å². The zero-order valence-corrected chi connectivity index (χ0v) is 16.4. The molecule has 0 aromatic heterocycles. The standard InChI is InChI=1S/C20H30ClN3O2/c1-2-6-19(25)22-13-16-7-5-11-24(15-16)12-10-20(26)23-14-17-8-3-4-9-18(17)21/h3-4,8-9,16H,2,5-7,10-15H2,1H3,(H,22,25)(H,23,26). The summed E-state index contributed by atoms with van der Waals surface area (Å²) in [5.74, 6) is 0.669. The molecule has 26 heavy (non-hydrogen) atoms. The average Bonchev–Trinajstić information content (AvgIpc) is 2.65. The molecule has 0 spiro atoms. The van der Waals surface area contributed by atoms with Gasteiger partial charge in [0, 0.05) is 44.0 Å². The van der Waals surface area contributed by atoms with Gasteiger partial charge in [-0.1, -0.05) is 36.7 Å². The quantitative estimate of drug-likeness (QED) is 0.693. The van der Waals surface area contributed by atoms with E-state index < -0.39 is 0 Å². The predicted molar refractivity (Wildman–Crippen MR) is 105 cm³/mol. The van der Waals surface area contributed by atoms with Crippen LogP contribution in [0, 0.1) is 5.92 Å². The van der Waals surface area contributed by atoms with E-state index in [1.807, 2.05) is 31.2 Å². The van der Waals surface area contributed by atoms with Crippen LogP contribution in [-0.2, 0) is 16.1 Å². The molecule has 2 rings (SSSR count). The third kappa shape index (κ3) is 7.34. The summed E-state index contributed by atoms with van der Waals surface area (Å²) in [6.07, 6.45) is 4.23. The summed E-state index contributed by atoms with van der Waals surface area (Å²) >= 11 is 6.10. The first-order chi connectivity index (χ1) is 12.6. The Morgan fingerprint density at radius 1 is 1.19 bits per heavy atom. The summed E-state index contributed by atoms with van der Waals surface area (Å²) in [6, 6.07) is 7.55. The number of likely N-dealkylation sites (tertiary alicyclic amines) is 1. The van der Waals surface area contributed by atoms with E-state index in [9.17, 15) is 9.59 Å². The van der Waals surface area contributed by atoms with Crippen LogP contribution in [0.2, 0.25) is 5.02 Å². The Bertz CT molecular complexity index is 594. The third-order valence-electron chi connectivity index (χ3n) is 4.76. The SMILES string of the molecule is CCCC(=O)NCC1CCCN(CCC(=O)NCc2ccccc2Cl)C1. The minimum atomic E-state index is 0.0447. The number of rotatable bonds is 9. The van der Waals surface area contributed by atoms with Crippen molar-refractivity contribution in [3.63, 3.8) is 0 Å². The van der Waals surface area contributed by atoms with E-state index in [4.69, 9.17) is 11.6 Å². The molecule has 2 N–H and O–H groups in total. The van der Waals surface area contributed by atoms with Crippen molar-refractivity contribution >= 4 is 23.4 Å². The van der Waals surface area contributed by atoms with Gasteiger partial charge in [0.1, 0.15) is 0 Å². The molecule has 1 aromatic carbocycles. The Balaban J connectivity index is 1.65. The molecule has 1 aromatic rings. The van der Waals surface area contributed by atoms with Crippen molar-refractivity contribution in [1.82, 2.24) is 15.5 Å². The molecule has 1 saturated heterocycles. The molecule has 1 fully saturated rings. The van der Waals surface area contributed by atoms with Gasteiger partial charge in [-0.3, -0.25) is 9.59 Å². The van der Waals surface area contributed by atoms with Crippen LogP contribution in [-0.4, -0.2) is 42.9 Å². The molecule has 1 aliphatic heterocycles. The summed E-state index contributed by atoms with van der Waals surface area (Å²) in [7, 11) is 0. The van der Waals surface area contributed by atoms with Gasteiger partial charge in [0.05, 0.1) is 0 Å². The van der Waals surface area contributed by atoms with E-state index >= 15 is 0 Å². The number of carbonyl (C=O) groups is 2. The number of amides is 2. The first kappa shape index (κ1) is 20.7. The second kappa shape index (κ2) is 11.2. The van der Waals surface area contributed by atoms with E-state index in [2.05, 4.69) is 15.5 Å². The minimum Gasteiger partial charge on any atom is -0.356 e. The van der Waals surface area contributed by atoms with E-state index in [1.54, 1.807) is 0 Å². The Labute approximate surface area is 161 Å². The van der Waals surface area contributed by atoms with Crippen LogP contribution < -0.4 is 10.6 Å². The summed E-state index contributed by atoms with van der Waals surface area (Å²) in [5, 5.41) is 6.64. The summed E-state index contributed by atoms with van der Waals surface area (Å²) in [5.41, 5.74) is 0.934. The molecule has 1 aliphatic rings. The molecule has 0 radical (unpaired) electrons. The number of benzene rings is 1. The second-order valence-corrected chi connectivity index (χ2v) is 7.39. The lowest BCUT2D eigenvalue weighted by molar-refractivity contribution is -0.122. The van der Waals surface area contributed by atoms with Crippen molar-refractivity contribution in [2.45, 2.75) is 45.6 Å². The fourth-order valence-corrected chi connectivity index (χ4v) is 3.48. The number of hydrogen-bond donors (Lipinski definition) is 2. The molecule has 6 heteroatoms. The largest absolute Gasteiger partial charge is 0.356 e. The molecule has 0 saturated carbocycles. The lowest BCUT2D eigenvalue weighted by atomic mass is 9.97. The number of piperidine rings is 1. The Morgan fingerprint density at radius 2 is 1.96 bits per heavy atom. The van der Waals surface area contributed by atoms with E-state index in [0.717, 1.165) is 51.0 Å². The number of carbonyl (C=O) groups excluding carboxylic acids is 2. The lowest BCUT2D eigenvalue weighted by Gasteiger charge is -2.32. The second-order valence-electron chi connectivity index (χ2n) is 6.98. The first-order valence-corrected chi connectivity index (χ1v) is 9.95. The summed E-state index contributed by atoms with van der Waals surface area (Å²) in [6.45, 7) is 5.95.